The maximum Gasteiger partial charge on any atom is 0.303 e. The molecule has 0 radical (unpaired) electrons. The van der Waals surface area contributed by atoms with Crippen LogP contribution in [0.25, 0.3) is 11.1 Å². The van der Waals surface area contributed by atoms with E-state index in [1.165, 1.54) is 16.9 Å². The van der Waals surface area contributed by atoms with Gasteiger partial charge in [-0.15, -0.1) is 11.3 Å². The van der Waals surface area contributed by atoms with Crippen LogP contribution >= 0.6 is 11.3 Å². The number of unbranched alkanes of at least 4 members (excludes halogenated alkanes) is 3. The van der Waals surface area contributed by atoms with E-state index in [-0.39, 0.29) is 12.3 Å². The maximum atomic E-state index is 12.4. The van der Waals surface area contributed by atoms with Crippen molar-refractivity contribution in [3.05, 3.63) is 46.2 Å². The zero-order chi connectivity index (χ0) is 17.4. The van der Waals surface area contributed by atoms with Gasteiger partial charge in [-0.05, 0) is 36.8 Å². The van der Waals surface area contributed by atoms with Gasteiger partial charge in [0.05, 0.1) is 4.88 Å². The summed E-state index contributed by atoms with van der Waals surface area (Å²) in [5.74, 6) is -0.782. The van der Waals surface area contributed by atoms with Crippen molar-refractivity contribution < 1.29 is 14.7 Å². The molecule has 0 aliphatic carbocycles. The van der Waals surface area contributed by atoms with E-state index < -0.39 is 5.97 Å². The number of benzene rings is 1. The van der Waals surface area contributed by atoms with Crippen LogP contribution in [-0.2, 0) is 4.79 Å². The Balaban J connectivity index is 1.80. The van der Waals surface area contributed by atoms with Crippen LogP contribution in [-0.4, -0.2) is 23.5 Å². The molecule has 5 heteroatoms. The molecular weight excluding hydrogens is 322 g/mol. The molecule has 2 N–H and O–H groups in total. The van der Waals surface area contributed by atoms with Crippen LogP contribution in [0.3, 0.4) is 0 Å². The summed E-state index contributed by atoms with van der Waals surface area (Å²) in [4.78, 5) is 23.5. The first-order valence-electron chi connectivity index (χ1n) is 8.22. The highest BCUT2D eigenvalue weighted by Gasteiger charge is 2.14. The highest BCUT2D eigenvalue weighted by Crippen LogP contribution is 2.28. The van der Waals surface area contributed by atoms with Gasteiger partial charge < -0.3 is 10.4 Å². The van der Waals surface area contributed by atoms with Gasteiger partial charge in [-0.3, -0.25) is 9.59 Å². The van der Waals surface area contributed by atoms with Gasteiger partial charge in [-0.1, -0.05) is 42.7 Å². The molecule has 1 aromatic heterocycles. The number of thiophene rings is 1. The zero-order valence-corrected chi connectivity index (χ0v) is 14.7. The fourth-order valence-electron chi connectivity index (χ4n) is 2.48. The molecule has 2 rings (SSSR count). The second-order valence-electron chi connectivity index (χ2n) is 5.84. The maximum absolute atomic E-state index is 12.4. The van der Waals surface area contributed by atoms with Crippen LogP contribution < -0.4 is 5.32 Å². The second kappa shape index (κ2) is 9.23. The number of hydrogen-bond acceptors (Lipinski definition) is 3. The molecule has 1 heterocycles. The lowest BCUT2D eigenvalue weighted by atomic mass is 10.0. The molecule has 4 nitrogen and oxygen atoms in total. The minimum Gasteiger partial charge on any atom is -0.481 e. The number of amides is 1. The number of hydrogen-bond donors (Lipinski definition) is 2. The standard InChI is InChI=1S/C19H23NO3S/c1-14-7-9-15(10-8-14)16-11-13-24-18(16)19(23)20-12-5-3-2-4-6-17(21)22/h7-11,13H,2-6,12H2,1H3,(H,20,23)(H,21,22). The Morgan fingerprint density at radius 3 is 2.46 bits per heavy atom. The monoisotopic (exact) mass is 345 g/mol. The van der Waals surface area contributed by atoms with Gasteiger partial charge in [0.2, 0.25) is 0 Å². The topological polar surface area (TPSA) is 66.4 Å². The third-order valence-electron chi connectivity index (χ3n) is 3.84. The van der Waals surface area contributed by atoms with Crippen molar-refractivity contribution >= 4 is 23.2 Å². The van der Waals surface area contributed by atoms with Crippen molar-refractivity contribution in [1.29, 1.82) is 0 Å². The van der Waals surface area contributed by atoms with E-state index in [0.29, 0.717) is 13.0 Å². The third-order valence-corrected chi connectivity index (χ3v) is 4.75. The van der Waals surface area contributed by atoms with Crippen LogP contribution in [0.2, 0.25) is 0 Å². The summed E-state index contributed by atoms with van der Waals surface area (Å²) < 4.78 is 0. The number of nitrogens with one attached hydrogen (secondary N) is 1. The van der Waals surface area contributed by atoms with Gasteiger partial charge in [0.15, 0.2) is 0 Å². The molecule has 128 valence electrons. The van der Waals surface area contributed by atoms with Crippen LogP contribution in [0.15, 0.2) is 35.7 Å². The average Bonchev–Trinajstić information content (AvgIpc) is 3.04. The Kier molecular flexibility index (Phi) is 7.00. The molecular formula is C19H23NO3S. The summed E-state index contributed by atoms with van der Waals surface area (Å²) in [7, 11) is 0. The summed E-state index contributed by atoms with van der Waals surface area (Å²) in [6.07, 6.45) is 3.61. The van der Waals surface area contributed by atoms with Crippen molar-refractivity contribution in [3.63, 3.8) is 0 Å². The number of carbonyl (C=O) groups excluding carboxylic acids is 1. The van der Waals surface area contributed by atoms with E-state index >= 15 is 0 Å². The number of carbonyl (C=O) groups is 2. The number of aryl methyl sites for hydroxylation is 1. The largest absolute Gasteiger partial charge is 0.481 e. The number of carboxylic acid groups (broad SMARTS) is 1. The molecule has 0 bridgehead atoms. The molecule has 0 unspecified atom stereocenters. The lowest BCUT2D eigenvalue weighted by molar-refractivity contribution is -0.137. The molecule has 0 spiro atoms. The summed E-state index contributed by atoms with van der Waals surface area (Å²) in [6, 6.07) is 10.2. The fourth-order valence-corrected chi connectivity index (χ4v) is 3.31. The molecule has 0 aliphatic heterocycles. The fraction of sp³-hybridized carbons (Fsp3) is 0.368. The third kappa shape index (κ3) is 5.49. The van der Waals surface area contributed by atoms with E-state index in [9.17, 15) is 9.59 Å². The van der Waals surface area contributed by atoms with Crippen molar-refractivity contribution in [1.82, 2.24) is 5.32 Å². The van der Waals surface area contributed by atoms with Crippen LogP contribution in [0.5, 0.6) is 0 Å². The van der Waals surface area contributed by atoms with Crippen molar-refractivity contribution in [3.8, 4) is 11.1 Å². The minimum absolute atomic E-state index is 0.0360. The molecule has 0 atom stereocenters. The quantitative estimate of drug-likeness (QED) is 0.658. The summed E-state index contributed by atoms with van der Waals surface area (Å²) in [5.41, 5.74) is 3.22. The van der Waals surface area contributed by atoms with Gasteiger partial charge in [-0.25, -0.2) is 0 Å². The van der Waals surface area contributed by atoms with Crippen LogP contribution in [0, 0.1) is 6.92 Å². The minimum atomic E-state index is -0.746. The summed E-state index contributed by atoms with van der Waals surface area (Å²) in [5, 5.41) is 13.5. The summed E-state index contributed by atoms with van der Waals surface area (Å²) in [6.45, 7) is 2.67. The molecule has 1 amide bonds. The lowest BCUT2D eigenvalue weighted by Crippen LogP contribution is -2.24. The van der Waals surface area contributed by atoms with E-state index in [4.69, 9.17) is 5.11 Å². The van der Waals surface area contributed by atoms with Crippen LogP contribution in [0.4, 0.5) is 0 Å². The summed E-state index contributed by atoms with van der Waals surface area (Å²) >= 11 is 1.45. The van der Waals surface area contributed by atoms with E-state index in [0.717, 1.165) is 35.3 Å². The smallest absolute Gasteiger partial charge is 0.303 e. The number of carboxylic acids is 1. The van der Waals surface area contributed by atoms with E-state index in [2.05, 4.69) is 5.32 Å². The van der Waals surface area contributed by atoms with Gasteiger partial charge in [0.1, 0.15) is 0 Å². The molecule has 1 aromatic carbocycles. The zero-order valence-electron chi connectivity index (χ0n) is 13.9. The SMILES string of the molecule is Cc1ccc(-c2ccsc2C(=O)NCCCCCCC(=O)O)cc1. The van der Waals surface area contributed by atoms with E-state index in [1.807, 2.05) is 42.6 Å². The molecule has 0 saturated carbocycles. The van der Waals surface area contributed by atoms with Gasteiger partial charge in [0, 0.05) is 18.5 Å². The second-order valence-corrected chi connectivity index (χ2v) is 6.76. The number of aliphatic carboxylic acids is 1. The highest BCUT2D eigenvalue weighted by atomic mass is 32.1. The molecule has 0 fully saturated rings. The average molecular weight is 345 g/mol. The van der Waals surface area contributed by atoms with Crippen LogP contribution in [0.1, 0.15) is 47.3 Å². The molecule has 0 saturated heterocycles. The molecule has 0 aliphatic rings. The first-order valence-corrected chi connectivity index (χ1v) is 9.10. The first-order chi connectivity index (χ1) is 11.6. The van der Waals surface area contributed by atoms with Gasteiger partial charge in [-0.2, -0.15) is 0 Å². The predicted molar refractivity (Wildman–Crippen MR) is 97.5 cm³/mol. The van der Waals surface area contributed by atoms with E-state index in [1.54, 1.807) is 0 Å². The van der Waals surface area contributed by atoms with Gasteiger partial charge >= 0.3 is 5.97 Å². The Morgan fingerprint density at radius 2 is 1.75 bits per heavy atom. The predicted octanol–water partition coefficient (Wildman–Crippen LogP) is 4.49. The first kappa shape index (κ1) is 18.2. The lowest BCUT2D eigenvalue weighted by Gasteiger charge is -2.07. The van der Waals surface area contributed by atoms with Gasteiger partial charge in [0.25, 0.3) is 5.91 Å². The van der Waals surface area contributed by atoms with Crippen molar-refractivity contribution in [2.75, 3.05) is 6.54 Å². The van der Waals surface area contributed by atoms with Crippen molar-refractivity contribution in [2.24, 2.45) is 0 Å². The highest BCUT2D eigenvalue weighted by molar-refractivity contribution is 7.12. The Hall–Kier alpha value is -2.14. The Morgan fingerprint density at radius 1 is 1.04 bits per heavy atom. The molecule has 24 heavy (non-hydrogen) atoms. The Bertz CT molecular complexity index is 676. The Labute approximate surface area is 146 Å². The normalized spacial score (nSPS) is 10.5. The van der Waals surface area contributed by atoms with Crippen molar-refractivity contribution in [2.45, 2.75) is 39.0 Å². The molecule has 2 aromatic rings. The number of rotatable bonds is 9.